The lowest BCUT2D eigenvalue weighted by atomic mass is 9.85. The molecular weight excluding hydrogens is 208 g/mol. The molecule has 0 aromatic heterocycles. The third kappa shape index (κ3) is 5.23. The average Bonchev–Trinajstić information content (AvgIpc) is 2.24. The highest BCUT2D eigenvalue weighted by Gasteiger charge is 2.24. The van der Waals surface area contributed by atoms with Crippen LogP contribution in [0.4, 0.5) is 0 Å². The van der Waals surface area contributed by atoms with Gasteiger partial charge in [0, 0.05) is 17.6 Å². The number of rotatable bonds is 6. The zero-order valence-corrected chi connectivity index (χ0v) is 10.8. The van der Waals surface area contributed by atoms with Crippen LogP contribution in [-0.4, -0.2) is 35.4 Å². The highest BCUT2D eigenvalue weighted by atomic mass is 32.2. The van der Waals surface area contributed by atoms with Gasteiger partial charge < -0.3 is 9.84 Å². The van der Waals surface area contributed by atoms with Gasteiger partial charge in [0.2, 0.25) is 0 Å². The van der Waals surface area contributed by atoms with Crippen molar-refractivity contribution >= 4 is 11.8 Å². The van der Waals surface area contributed by atoms with Gasteiger partial charge in [-0.15, -0.1) is 0 Å². The highest BCUT2D eigenvalue weighted by molar-refractivity contribution is 7.99. The molecule has 1 aliphatic rings. The van der Waals surface area contributed by atoms with E-state index in [-0.39, 0.29) is 6.10 Å². The van der Waals surface area contributed by atoms with Gasteiger partial charge in [-0.3, -0.25) is 0 Å². The van der Waals surface area contributed by atoms with E-state index >= 15 is 0 Å². The molecule has 1 aliphatic carbocycles. The van der Waals surface area contributed by atoms with E-state index in [9.17, 15) is 5.11 Å². The largest absolute Gasteiger partial charge is 0.393 e. The van der Waals surface area contributed by atoms with Crippen molar-refractivity contribution < 1.29 is 9.84 Å². The van der Waals surface area contributed by atoms with E-state index in [4.69, 9.17) is 4.74 Å². The standard InChI is InChI=1S/C12H24O2S/c1-3-14-7-8-15-10(2)11-5-4-6-12(13)9-11/h10-13H,3-9H2,1-2H3. The minimum Gasteiger partial charge on any atom is -0.393 e. The maximum atomic E-state index is 9.60. The van der Waals surface area contributed by atoms with E-state index in [2.05, 4.69) is 6.92 Å². The summed E-state index contributed by atoms with van der Waals surface area (Å²) in [5, 5.41) is 10.3. The van der Waals surface area contributed by atoms with Crippen molar-refractivity contribution in [2.75, 3.05) is 19.0 Å². The second kappa shape index (κ2) is 7.53. The van der Waals surface area contributed by atoms with Crippen LogP contribution in [0.1, 0.15) is 39.5 Å². The van der Waals surface area contributed by atoms with Crippen molar-refractivity contribution in [3.05, 3.63) is 0 Å². The van der Waals surface area contributed by atoms with Crippen LogP contribution in [0.25, 0.3) is 0 Å². The van der Waals surface area contributed by atoms with Crippen LogP contribution in [0.2, 0.25) is 0 Å². The van der Waals surface area contributed by atoms with Crippen LogP contribution in [-0.2, 0) is 4.74 Å². The molecule has 0 aliphatic heterocycles. The summed E-state index contributed by atoms with van der Waals surface area (Å²) >= 11 is 1.99. The van der Waals surface area contributed by atoms with Gasteiger partial charge in [-0.25, -0.2) is 0 Å². The predicted octanol–water partition coefficient (Wildman–Crippen LogP) is 2.70. The summed E-state index contributed by atoms with van der Waals surface area (Å²) in [5.41, 5.74) is 0. The summed E-state index contributed by atoms with van der Waals surface area (Å²) in [6.45, 7) is 6.00. The fourth-order valence-electron chi connectivity index (χ4n) is 2.20. The van der Waals surface area contributed by atoms with Crippen molar-refractivity contribution in [3.63, 3.8) is 0 Å². The fraction of sp³-hybridized carbons (Fsp3) is 1.00. The van der Waals surface area contributed by atoms with Gasteiger partial charge in [-0.1, -0.05) is 13.3 Å². The van der Waals surface area contributed by atoms with E-state index < -0.39 is 0 Å². The summed E-state index contributed by atoms with van der Waals surface area (Å²) in [5.74, 6) is 1.79. The van der Waals surface area contributed by atoms with Crippen LogP contribution in [0.3, 0.4) is 0 Å². The lowest BCUT2D eigenvalue weighted by Crippen LogP contribution is -2.26. The normalized spacial score (nSPS) is 29.0. The van der Waals surface area contributed by atoms with Gasteiger partial charge in [0.25, 0.3) is 0 Å². The molecule has 0 aromatic rings. The molecule has 3 atom stereocenters. The van der Waals surface area contributed by atoms with E-state index in [1.807, 2.05) is 18.7 Å². The lowest BCUT2D eigenvalue weighted by Gasteiger charge is -2.30. The Morgan fingerprint density at radius 3 is 2.93 bits per heavy atom. The molecule has 1 fully saturated rings. The summed E-state index contributed by atoms with van der Waals surface area (Å²) in [7, 11) is 0. The van der Waals surface area contributed by atoms with E-state index in [1.165, 1.54) is 12.8 Å². The molecule has 90 valence electrons. The number of hydrogen-bond donors (Lipinski definition) is 1. The topological polar surface area (TPSA) is 29.5 Å². The minimum absolute atomic E-state index is 0.0429. The molecular formula is C12H24O2S. The quantitative estimate of drug-likeness (QED) is 0.714. The molecule has 1 N–H and O–H groups in total. The van der Waals surface area contributed by atoms with Crippen molar-refractivity contribution in [3.8, 4) is 0 Å². The molecule has 0 spiro atoms. The van der Waals surface area contributed by atoms with Crippen LogP contribution < -0.4 is 0 Å². The smallest absolute Gasteiger partial charge is 0.0556 e. The monoisotopic (exact) mass is 232 g/mol. The van der Waals surface area contributed by atoms with Gasteiger partial charge in [0.15, 0.2) is 0 Å². The van der Waals surface area contributed by atoms with Gasteiger partial charge in [-0.05, 0) is 32.1 Å². The second-order valence-corrected chi connectivity index (χ2v) is 5.84. The minimum atomic E-state index is -0.0429. The Morgan fingerprint density at radius 1 is 1.47 bits per heavy atom. The Bertz CT molecular complexity index is 164. The first-order valence-corrected chi connectivity index (χ1v) is 7.16. The van der Waals surface area contributed by atoms with Crippen LogP contribution in [0.5, 0.6) is 0 Å². The van der Waals surface area contributed by atoms with Gasteiger partial charge in [0.1, 0.15) is 0 Å². The number of thioether (sulfide) groups is 1. The first kappa shape index (κ1) is 13.3. The molecule has 1 saturated carbocycles. The molecule has 0 radical (unpaired) electrons. The number of aliphatic hydroxyl groups is 1. The summed E-state index contributed by atoms with van der Waals surface area (Å²) in [4.78, 5) is 0. The zero-order valence-electron chi connectivity index (χ0n) is 9.95. The summed E-state index contributed by atoms with van der Waals surface area (Å²) < 4.78 is 5.32. The van der Waals surface area contributed by atoms with Gasteiger partial charge in [0.05, 0.1) is 12.7 Å². The lowest BCUT2D eigenvalue weighted by molar-refractivity contribution is 0.101. The summed E-state index contributed by atoms with van der Waals surface area (Å²) in [6, 6.07) is 0. The van der Waals surface area contributed by atoms with Crippen molar-refractivity contribution in [1.82, 2.24) is 0 Å². The van der Waals surface area contributed by atoms with E-state index in [0.717, 1.165) is 31.8 Å². The predicted molar refractivity (Wildman–Crippen MR) is 66.4 cm³/mol. The first-order chi connectivity index (χ1) is 7.24. The van der Waals surface area contributed by atoms with Crippen LogP contribution in [0, 0.1) is 5.92 Å². The maximum absolute atomic E-state index is 9.60. The second-order valence-electron chi connectivity index (χ2n) is 4.35. The molecule has 0 saturated heterocycles. The summed E-state index contributed by atoms with van der Waals surface area (Å²) in [6.07, 6.45) is 4.45. The Hall–Kier alpha value is 0.270. The van der Waals surface area contributed by atoms with Crippen LogP contribution in [0.15, 0.2) is 0 Å². The Balaban J connectivity index is 2.12. The number of hydrogen-bond acceptors (Lipinski definition) is 3. The third-order valence-electron chi connectivity index (χ3n) is 3.16. The highest BCUT2D eigenvalue weighted by Crippen LogP contribution is 2.32. The molecule has 0 amide bonds. The third-order valence-corrected chi connectivity index (χ3v) is 4.48. The maximum Gasteiger partial charge on any atom is 0.0556 e. The molecule has 3 unspecified atom stereocenters. The molecule has 0 bridgehead atoms. The zero-order chi connectivity index (χ0) is 11.1. The molecule has 15 heavy (non-hydrogen) atoms. The Labute approximate surface area is 97.8 Å². The molecule has 0 aromatic carbocycles. The SMILES string of the molecule is CCOCCSC(C)C1CCCC(O)C1. The fourth-order valence-corrected chi connectivity index (χ4v) is 3.31. The number of aliphatic hydroxyl groups excluding tert-OH is 1. The molecule has 3 heteroatoms. The van der Waals surface area contributed by atoms with Crippen molar-refractivity contribution in [2.45, 2.75) is 50.9 Å². The molecule has 1 rings (SSSR count). The van der Waals surface area contributed by atoms with E-state index in [1.54, 1.807) is 0 Å². The Morgan fingerprint density at radius 2 is 2.27 bits per heavy atom. The first-order valence-electron chi connectivity index (χ1n) is 6.11. The van der Waals surface area contributed by atoms with Crippen LogP contribution >= 0.6 is 11.8 Å². The Kier molecular flexibility index (Phi) is 6.69. The number of ether oxygens (including phenoxy) is 1. The van der Waals surface area contributed by atoms with Crippen molar-refractivity contribution in [2.24, 2.45) is 5.92 Å². The van der Waals surface area contributed by atoms with Crippen molar-refractivity contribution in [1.29, 1.82) is 0 Å². The molecule has 0 heterocycles. The average molecular weight is 232 g/mol. The van der Waals surface area contributed by atoms with Gasteiger partial charge in [-0.2, -0.15) is 11.8 Å². The van der Waals surface area contributed by atoms with Gasteiger partial charge >= 0.3 is 0 Å². The van der Waals surface area contributed by atoms with E-state index in [0.29, 0.717) is 11.2 Å². The molecule has 2 nitrogen and oxygen atoms in total.